The molecule has 1 nitrogen and oxygen atoms in total. The summed E-state index contributed by atoms with van der Waals surface area (Å²) in [5, 5.41) is 0. The van der Waals surface area contributed by atoms with Crippen LogP contribution in [0.1, 0.15) is 65.2 Å². The molecule has 0 unspecified atom stereocenters. The first-order chi connectivity index (χ1) is 8.17. The molecule has 1 aliphatic carbocycles. The van der Waals surface area contributed by atoms with Gasteiger partial charge in [0.15, 0.2) is 0 Å². The van der Waals surface area contributed by atoms with Crippen LogP contribution in [0.15, 0.2) is 0 Å². The van der Waals surface area contributed by atoms with Gasteiger partial charge in [-0.05, 0) is 43.9 Å². The summed E-state index contributed by atoms with van der Waals surface area (Å²) in [6, 6.07) is 0.759. The fourth-order valence-electron chi connectivity index (χ4n) is 3.41. The predicted octanol–water partition coefficient (Wildman–Crippen LogP) is 4.38. The van der Waals surface area contributed by atoms with Crippen molar-refractivity contribution in [2.45, 2.75) is 71.3 Å². The Labute approximate surface area is 114 Å². The summed E-state index contributed by atoms with van der Waals surface area (Å²) in [4.78, 5) is 2.60. The second-order valence-electron chi connectivity index (χ2n) is 5.96. The van der Waals surface area contributed by atoms with E-state index in [2.05, 4.69) is 38.4 Å². The van der Waals surface area contributed by atoms with Crippen molar-refractivity contribution in [3.63, 3.8) is 0 Å². The van der Waals surface area contributed by atoms with Crippen LogP contribution in [0, 0.1) is 5.41 Å². The maximum Gasteiger partial charge on any atom is 0.00872 e. The number of hydrogen-bond acceptors (Lipinski definition) is 2. The third kappa shape index (κ3) is 4.48. The Bertz CT molecular complexity index is 193. The molecule has 102 valence electrons. The molecule has 17 heavy (non-hydrogen) atoms. The summed E-state index contributed by atoms with van der Waals surface area (Å²) in [7, 11) is 2.31. The summed E-state index contributed by atoms with van der Waals surface area (Å²) >= 11 is 4.67. The molecule has 0 aromatic heterocycles. The van der Waals surface area contributed by atoms with Crippen molar-refractivity contribution in [3.05, 3.63) is 0 Å². The zero-order valence-electron chi connectivity index (χ0n) is 12.0. The zero-order chi connectivity index (χ0) is 12.7. The van der Waals surface area contributed by atoms with Gasteiger partial charge in [-0.2, -0.15) is 12.6 Å². The van der Waals surface area contributed by atoms with Crippen molar-refractivity contribution in [2.75, 3.05) is 19.3 Å². The second kappa shape index (κ2) is 7.68. The molecule has 0 heterocycles. The SMILES string of the molecule is CCC(CC)N(C)CC1(CS)CCCCCC1. The van der Waals surface area contributed by atoms with Crippen LogP contribution in [0.25, 0.3) is 0 Å². The molecular formula is C15H31NS. The van der Waals surface area contributed by atoms with Gasteiger partial charge in [0, 0.05) is 12.6 Å². The second-order valence-corrected chi connectivity index (χ2v) is 6.27. The van der Waals surface area contributed by atoms with E-state index in [-0.39, 0.29) is 0 Å². The van der Waals surface area contributed by atoms with Crippen LogP contribution in [0.3, 0.4) is 0 Å². The Balaban J connectivity index is 2.59. The Hall–Kier alpha value is 0.310. The summed E-state index contributed by atoms with van der Waals surface area (Å²) in [6.45, 7) is 5.87. The standard InChI is InChI=1S/C15H31NS/c1-4-14(5-2)16(3)12-15(13-17)10-8-6-7-9-11-15/h14,17H,4-13H2,1-3H3. The summed E-state index contributed by atoms with van der Waals surface area (Å²) in [5.41, 5.74) is 0.497. The molecule has 1 saturated carbocycles. The van der Waals surface area contributed by atoms with Crippen LogP contribution < -0.4 is 0 Å². The zero-order valence-corrected chi connectivity index (χ0v) is 12.9. The molecule has 0 spiro atoms. The highest BCUT2D eigenvalue weighted by Crippen LogP contribution is 2.37. The molecule has 0 atom stereocenters. The van der Waals surface area contributed by atoms with E-state index in [9.17, 15) is 0 Å². The van der Waals surface area contributed by atoms with Crippen molar-refractivity contribution in [1.29, 1.82) is 0 Å². The molecule has 0 amide bonds. The number of thiol groups is 1. The minimum atomic E-state index is 0.497. The van der Waals surface area contributed by atoms with Crippen LogP contribution in [-0.4, -0.2) is 30.3 Å². The van der Waals surface area contributed by atoms with Crippen molar-refractivity contribution in [3.8, 4) is 0 Å². The third-order valence-electron chi connectivity index (χ3n) is 4.65. The van der Waals surface area contributed by atoms with E-state index in [1.165, 1.54) is 57.9 Å². The van der Waals surface area contributed by atoms with Gasteiger partial charge in [0.2, 0.25) is 0 Å². The first-order valence-electron chi connectivity index (χ1n) is 7.48. The quantitative estimate of drug-likeness (QED) is 0.546. The number of hydrogen-bond donors (Lipinski definition) is 1. The van der Waals surface area contributed by atoms with Gasteiger partial charge in [0.1, 0.15) is 0 Å². The maximum absolute atomic E-state index is 4.67. The lowest BCUT2D eigenvalue weighted by Gasteiger charge is -2.38. The monoisotopic (exact) mass is 257 g/mol. The van der Waals surface area contributed by atoms with Crippen molar-refractivity contribution in [1.82, 2.24) is 4.90 Å². The van der Waals surface area contributed by atoms with Gasteiger partial charge in [-0.15, -0.1) is 0 Å². The Morgan fingerprint density at radius 1 is 1.06 bits per heavy atom. The average Bonchev–Trinajstić information content (AvgIpc) is 2.57. The minimum Gasteiger partial charge on any atom is -0.303 e. The molecule has 0 aromatic carbocycles. The number of nitrogens with zero attached hydrogens (tertiary/aromatic N) is 1. The van der Waals surface area contributed by atoms with E-state index < -0.39 is 0 Å². The summed E-state index contributed by atoms with van der Waals surface area (Å²) in [6.07, 6.45) is 11.0. The predicted molar refractivity (Wildman–Crippen MR) is 81.0 cm³/mol. The van der Waals surface area contributed by atoms with Crippen LogP contribution in [0.5, 0.6) is 0 Å². The smallest absolute Gasteiger partial charge is 0.00872 e. The van der Waals surface area contributed by atoms with Gasteiger partial charge < -0.3 is 4.90 Å². The molecule has 2 heteroatoms. The minimum absolute atomic E-state index is 0.497. The molecular weight excluding hydrogens is 226 g/mol. The highest BCUT2D eigenvalue weighted by atomic mass is 32.1. The van der Waals surface area contributed by atoms with E-state index in [0.717, 1.165) is 11.8 Å². The van der Waals surface area contributed by atoms with E-state index in [1.807, 2.05) is 0 Å². The number of rotatable bonds is 6. The Morgan fingerprint density at radius 3 is 2.00 bits per heavy atom. The van der Waals surface area contributed by atoms with Gasteiger partial charge in [-0.25, -0.2) is 0 Å². The van der Waals surface area contributed by atoms with E-state index in [4.69, 9.17) is 0 Å². The lowest BCUT2D eigenvalue weighted by atomic mass is 9.81. The van der Waals surface area contributed by atoms with E-state index in [0.29, 0.717) is 5.41 Å². The molecule has 0 N–H and O–H groups in total. The van der Waals surface area contributed by atoms with Gasteiger partial charge in [-0.3, -0.25) is 0 Å². The van der Waals surface area contributed by atoms with Gasteiger partial charge >= 0.3 is 0 Å². The third-order valence-corrected chi connectivity index (χ3v) is 5.32. The first-order valence-corrected chi connectivity index (χ1v) is 8.12. The Kier molecular flexibility index (Phi) is 6.94. The van der Waals surface area contributed by atoms with Crippen molar-refractivity contribution >= 4 is 12.6 Å². The van der Waals surface area contributed by atoms with Crippen molar-refractivity contribution < 1.29 is 0 Å². The fraction of sp³-hybridized carbons (Fsp3) is 1.00. The highest BCUT2D eigenvalue weighted by Gasteiger charge is 2.31. The van der Waals surface area contributed by atoms with Gasteiger partial charge in [0.05, 0.1) is 0 Å². The fourth-order valence-corrected chi connectivity index (χ4v) is 3.83. The van der Waals surface area contributed by atoms with Crippen LogP contribution in [-0.2, 0) is 0 Å². The summed E-state index contributed by atoms with van der Waals surface area (Å²) < 4.78 is 0. The first kappa shape index (κ1) is 15.4. The molecule has 0 saturated heterocycles. The van der Waals surface area contributed by atoms with Crippen LogP contribution >= 0.6 is 12.6 Å². The molecule has 0 radical (unpaired) electrons. The van der Waals surface area contributed by atoms with Crippen LogP contribution in [0.2, 0.25) is 0 Å². The topological polar surface area (TPSA) is 3.24 Å². The average molecular weight is 257 g/mol. The van der Waals surface area contributed by atoms with Gasteiger partial charge in [0.25, 0.3) is 0 Å². The highest BCUT2D eigenvalue weighted by molar-refractivity contribution is 7.80. The van der Waals surface area contributed by atoms with Crippen LogP contribution in [0.4, 0.5) is 0 Å². The Morgan fingerprint density at radius 2 is 1.59 bits per heavy atom. The molecule has 0 aromatic rings. The maximum atomic E-state index is 4.67. The van der Waals surface area contributed by atoms with Crippen molar-refractivity contribution in [2.24, 2.45) is 5.41 Å². The molecule has 1 rings (SSSR count). The van der Waals surface area contributed by atoms with E-state index >= 15 is 0 Å². The lowest BCUT2D eigenvalue weighted by Crippen LogP contribution is -2.41. The molecule has 1 fully saturated rings. The normalized spacial score (nSPS) is 20.8. The molecule has 1 aliphatic rings. The van der Waals surface area contributed by atoms with Gasteiger partial charge in [-0.1, -0.05) is 39.5 Å². The van der Waals surface area contributed by atoms with E-state index in [1.54, 1.807) is 0 Å². The summed E-state index contributed by atoms with van der Waals surface area (Å²) in [5.74, 6) is 1.07. The molecule has 0 bridgehead atoms. The lowest BCUT2D eigenvalue weighted by molar-refractivity contribution is 0.131. The molecule has 0 aliphatic heterocycles. The largest absolute Gasteiger partial charge is 0.303 e.